The maximum Gasteiger partial charge on any atom is 0.123 e. The van der Waals surface area contributed by atoms with Gasteiger partial charge in [-0.1, -0.05) is 0 Å². The topological polar surface area (TPSA) is 32.9 Å². The minimum atomic E-state index is -0.220. The van der Waals surface area contributed by atoms with E-state index in [1.54, 1.807) is 12.1 Å². The summed E-state index contributed by atoms with van der Waals surface area (Å²) in [4.78, 5) is 14.1. The predicted molar refractivity (Wildman–Crippen MR) is 59.8 cm³/mol. The number of carbonyl (C=O) groups excluding carboxylic acids is 1. The van der Waals surface area contributed by atoms with Crippen molar-refractivity contribution in [3.8, 4) is 0 Å². The van der Waals surface area contributed by atoms with Gasteiger partial charge in [-0.15, -0.1) is 0 Å². The van der Waals surface area contributed by atoms with E-state index in [1.807, 2.05) is 0 Å². The lowest BCUT2D eigenvalue weighted by atomic mass is 9.87. The molecule has 1 aromatic carbocycles. The van der Waals surface area contributed by atoms with Crippen molar-refractivity contribution in [1.82, 2.24) is 4.98 Å². The zero-order valence-electron chi connectivity index (χ0n) is 8.79. The van der Waals surface area contributed by atoms with Crippen LogP contribution in [0.5, 0.6) is 0 Å². The Kier molecular flexibility index (Phi) is 2.06. The van der Waals surface area contributed by atoms with E-state index < -0.39 is 0 Å². The highest BCUT2D eigenvalue weighted by Crippen LogP contribution is 2.31. The molecule has 2 aromatic rings. The molecule has 0 bridgehead atoms. The smallest absolute Gasteiger partial charge is 0.123 e. The molecule has 1 atom stereocenters. The third-order valence-corrected chi connectivity index (χ3v) is 3.38. The fourth-order valence-corrected chi connectivity index (χ4v) is 2.53. The van der Waals surface area contributed by atoms with Gasteiger partial charge in [-0.3, -0.25) is 0 Å². The number of aryl methyl sites for hydroxylation is 1. The molecule has 1 aliphatic carbocycles. The molecule has 1 aliphatic rings. The number of halogens is 1. The summed E-state index contributed by atoms with van der Waals surface area (Å²) in [5.41, 5.74) is 3.26. The van der Waals surface area contributed by atoms with E-state index >= 15 is 0 Å². The van der Waals surface area contributed by atoms with Gasteiger partial charge in [0.15, 0.2) is 0 Å². The number of aldehydes is 1. The van der Waals surface area contributed by atoms with Gasteiger partial charge in [0.2, 0.25) is 0 Å². The first-order valence-corrected chi connectivity index (χ1v) is 5.52. The van der Waals surface area contributed by atoms with E-state index in [0.29, 0.717) is 0 Å². The van der Waals surface area contributed by atoms with Gasteiger partial charge in [-0.05, 0) is 43.0 Å². The maximum absolute atomic E-state index is 13.2. The second kappa shape index (κ2) is 3.44. The van der Waals surface area contributed by atoms with Crippen LogP contribution in [-0.2, 0) is 17.6 Å². The van der Waals surface area contributed by atoms with Crippen LogP contribution >= 0.6 is 0 Å². The van der Waals surface area contributed by atoms with Crippen molar-refractivity contribution < 1.29 is 9.18 Å². The molecule has 2 nitrogen and oxygen atoms in total. The minimum absolute atomic E-state index is 0.0924. The van der Waals surface area contributed by atoms with Gasteiger partial charge in [-0.2, -0.15) is 0 Å². The Morgan fingerprint density at radius 3 is 3.12 bits per heavy atom. The second-order valence-electron chi connectivity index (χ2n) is 4.41. The monoisotopic (exact) mass is 217 g/mol. The third kappa shape index (κ3) is 1.35. The molecule has 0 spiro atoms. The van der Waals surface area contributed by atoms with Crippen LogP contribution in [0.15, 0.2) is 18.2 Å². The number of H-pyrrole nitrogens is 1. The van der Waals surface area contributed by atoms with Crippen molar-refractivity contribution in [2.75, 3.05) is 0 Å². The van der Waals surface area contributed by atoms with Gasteiger partial charge in [0.1, 0.15) is 12.1 Å². The Bertz CT molecular complexity index is 558. The van der Waals surface area contributed by atoms with Crippen molar-refractivity contribution in [3.63, 3.8) is 0 Å². The molecule has 0 fully saturated rings. The Hall–Kier alpha value is -1.64. The molecule has 0 radical (unpaired) electrons. The van der Waals surface area contributed by atoms with Gasteiger partial charge in [0.05, 0.1) is 0 Å². The molecule has 1 heterocycles. The normalized spacial score (nSPS) is 19.7. The quantitative estimate of drug-likeness (QED) is 0.732. The van der Waals surface area contributed by atoms with Crippen LogP contribution in [0.4, 0.5) is 4.39 Å². The molecule has 0 unspecified atom stereocenters. The minimum Gasteiger partial charge on any atom is -0.358 e. The number of carbonyl (C=O) groups is 1. The van der Waals surface area contributed by atoms with Gasteiger partial charge in [0, 0.05) is 22.5 Å². The lowest BCUT2D eigenvalue weighted by Crippen LogP contribution is -2.14. The summed E-state index contributed by atoms with van der Waals surface area (Å²) in [6, 6.07) is 4.78. The van der Waals surface area contributed by atoms with Gasteiger partial charge >= 0.3 is 0 Å². The molecule has 16 heavy (non-hydrogen) atoms. The number of hydrogen-bond donors (Lipinski definition) is 1. The highest BCUT2D eigenvalue weighted by Gasteiger charge is 2.22. The molecule has 3 rings (SSSR count). The van der Waals surface area contributed by atoms with Crippen LogP contribution in [0.1, 0.15) is 17.7 Å². The first-order valence-electron chi connectivity index (χ1n) is 5.52. The van der Waals surface area contributed by atoms with Gasteiger partial charge in [0.25, 0.3) is 0 Å². The first-order chi connectivity index (χ1) is 7.78. The van der Waals surface area contributed by atoms with Crippen molar-refractivity contribution in [1.29, 1.82) is 0 Å². The fraction of sp³-hybridized carbons (Fsp3) is 0.308. The summed E-state index contributed by atoms with van der Waals surface area (Å²) in [6.07, 6.45) is 3.53. The van der Waals surface area contributed by atoms with E-state index in [2.05, 4.69) is 4.98 Å². The Morgan fingerprint density at radius 1 is 1.44 bits per heavy atom. The van der Waals surface area contributed by atoms with Gasteiger partial charge in [-0.25, -0.2) is 4.39 Å². The fourth-order valence-electron chi connectivity index (χ4n) is 2.53. The molecule has 3 heteroatoms. The van der Waals surface area contributed by atoms with Crippen molar-refractivity contribution in [2.24, 2.45) is 5.92 Å². The van der Waals surface area contributed by atoms with Crippen LogP contribution in [0.2, 0.25) is 0 Å². The standard InChI is InChI=1S/C13H12FNO/c14-9-2-4-13-11(6-9)10-5-8(7-16)1-3-12(10)15-13/h2,4,6-8,15H,1,3,5H2/t8-/m1/s1. The molecule has 1 N–H and O–H groups in total. The highest BCUT2D eigenvalue weighted by atomic mass is 19.1. The number of benzene rings is 1. The highest BCUT2D eigenvalue weighted by molar-refractivity contribution is 5.85. The number of fused-ring (bicyclic) bond motifs is 3. The van der Waals surface area contributed by atoms with Crippen LogP contribution in [0, 0.1) is 11.7 Å². The number of aromatic amines is 1. The van der Waals surface area contributed by atoms with Gasteiger partial charge < -0.3 is 9.78 Å². The molecular weight excluding hydrogens is 205 g/mol. The van der Waals surface area contributed by atoms with E-state index in [0.717, 1.165) is 42.0 Å². The molecular formula is C13H12FNO. The molecule has 0 saturated carbocycles. The Balaban J connectivity index is 2.19. The Morgan fingerprint density at radius 2 is 2.31 bits per heavy atom. The van der Waals surface area contributed by atoms with Crippen LogP contribution in [0.3, 0.4) is 0 Å². The summed E-state index contributed by atoms with van der Waals surface area (Å²) >= 11 is 0. The van der Waals surface area contributed by atoms with E-state index in [9.17, 15) is 9.18 Å². The van der Waals surface area contributed by atoms with Crippen molar-refractivity contribution in [2.45, 2.75) is 19.3 Å². The molecule has 0 aliphatic heterocycles. The van der Waals surface area contributed by atoms with Crippen molar-refractivity contribution in [3.05, 3.63) is 35.3 Å². The number of aromatic nitrogens is 1. The lowest BCUT2D eigenvalue weighted by molar-refractivity contribution is -0.111. The Labute approximate surface area is 92.5 Å². The van der Waals surface area contributed by atoms with E-state index in [4.69, 9.17) is 0 Å². The van der Waals surface area contributed by atoms with E-state index in [-0.39, 0.29) is 11.7 Å². The average Bonchev–Trinajstić information content (AvgIpc) is 2.66. The average molecular weight is 217 g/mol. The van der Waals surface area contributed by atoms with Crippen molar-refractivity contribution >= 4 is 17.2 Å². The molecule has 1 aromatic heterocycles. The number of nitrogens with one attached hydrogen (secondary N) is 1. The zero-order valence-corrected chi connectivity index (χ0v) is 8.79. The van der Waals surface area contributed by atoms with Crippen LogP contribution in [-0.4, -0.2) is 11.3 Å². The summed E-state index contributed by atoms with van der Waals surface area (Å²) in [6.45, 7) is 0. The first kappa shape index (κ1) is 9.58. The maximum atomic E-state index is 13.2. The van der Waals surface area contributed by atoms with E-state index in [1.165, 1.54) is 11.8 Å². The van der Waals surface area contributed by atoms with Crippen LogP contribution in [0.25, 0.3) is 10.9 Å². The molecule has 82 valence electrons. The summed E-state index contributed by atoms with van der Waals surface area (Å²) in [5, 5.41) is 0.932. The summed E-state index contributed by atoms with van der Waals surface area (Å²) in [7, 11) is 0. The predicted octanol–water partition coefficient (Wildman–Crippen LogP) is 2.61. The largest absolute Gasteiger partial charge is 0.358 e. The SMILES string of the molecule is O=C[C@@H]1CCc2[nH]c3ccc(F)cc3c2C1. The zero-order chi connectivity index (χ0) is 11.1. The second-order valence-corrected chi connectivity index (χ2v) is 4.41. The summed E-state index contributed by atoms with van der Waals surface area (Å²) < 4.78 is 13.2. The third-order valence-electron chi connectivity index (χ3n) is 3.38. The lowest BCUT2D eigenvalue weighted by Gasteiger charge is -2.16. The molecule has 0 saturated heterocycles. The number of hydrogen-bond acceptors (Lipinski definition) is 1. The molecule has 0 amide bonds. The van der Waals surface area contributed by atoms with Crippen LogP contribution < -0.4 is 0 Å². The summed E-state index contributed by atoms with van der Waals surface area (Å²) in [5.74, 6) is -0.128. The number of rotatable bonds is 1.